The van der Waals surface area contributed by atoms with Gasteiger partial charge in [-0.1, -0.05) is 30.7 Å². The van der Waals surface area contributed by atoms with Crippen molar-refractivity contribution in [3.8, 4) is 0 Å². The van der Waals surface area contributed by atoms with Crippen LogP contribution in [-0.2, 0) is 11.3 Å². The van der Waals surface area contributed by atoms with Gasteiger partial charge in [-0.3, -0.25) is 4.79 Å². The van der Waals surface area contributed by atoms with Crippen molar-refractivity contribution >= 4 is 29.3 Å². The molecule has 0 bridgehead atoms. The van der Waals surface area contributed by atoms with E-state index in [1.54, 1.807) is 11.8 Å². The lowest BCUT2D eigenvalue weighted by molar-refractivity contribution is -0.118. The van der Waals surface area contributed by atoms with E-state index in [2.05, 4.69) is 12.2 Å². The molecule has 1 unspecified atom stereocenters. The molecule has 1 amide bonds. The molecular formula is C13H19ClN2OS. The Bertz CT molecular complexity index is 370. The molecule has 1 atom stereocenters. The van der Waals surface area contributed by atoms with Gasteiger partial charge in [0.1, 0.15) is 0 Å². The number of nitrogens with two attached hydrogens (primary N) is 1. The van der Waals surface area contributed by atoms with E-state index in [9.17, 15) is 4.79 Å². The number of carbonyl (C=O) groups is 1. The highest BCUT2D eigenvalue weighted by atomic mass is 35.5. The lowest BCUT2D eigenvalue weighted by atomic mass is 10.2. The summed E-state index contributed by atoms with van der Waals surface area (Å²) >= 11 is 7.40. The zero-order valence-corrected chi connectivity index (χ0v) is 12.1. The molecule has 0 spiro atoms. The summed E-state index contributed by atoms with van der Waals surface area (Å²) in [5.41, 5.74) is 6.56. The third-order valence-electron chi connectivity index (χ3n) is 2.44. The fraction of sp³-hybridized carbons (Fsp3) is 0.462. The first-order valence-corrected chi connectivity index (χ1v) is 7.44. The Hall–Kier alpha value is -0.710. The molecule has 0 saturated carbocycles. The van der Waals surface area contributed by atoms with E-state index >= 15 is 0 Å². The van der Waals surface area contributed by atoms with Crippen molar-refractivity contribution in [2.75, 3.05) is 18.1 Å². The third-order valence-corrected chi connectivity index (χ3v) is 3.96. The third kappa shape index (κ3) is 6.28. The van der Waals surface area contributed by atoms with Gasteiger partial charge < -0.3 is 11.1 Å². The van der Waals surface area contributed by atoms with Crippen molar-refractivity contribution in [3.63, 3.8) is 0 Å². The van der Waals surface area contributed by atoms with Gasteiger partial charge in [-0.25, -0.2) is 0 Å². The van der Waals surface area contributed by atoms with Crippen molar-refractivity contribution in [1.29, 1.82) is 0 Å². The first-order valence-electron chi connectivity index (χ1n) is 5.90. The number of thioether (sulfide) groups is 1. The number of hydrogen-bond acceptors (Lipinski definition) is 3. The molecule has 0 fully saturated rings. The summed E-state index contributed by atoms with van der Waals surface area (Å²) in [4.78, 5) is 11.6. The molecule has 0 saturated heterocycles. The first kappa shape index (κ1) is 15.3. The van der Waals surface area contributed by atoms with Crippen LogP contribution in [0.3, 0.4) is 0 Å². The molecule has 0 heterocycles. The maximum absolute atomic E-state index is 11.6. The second kappa shape index (κ2) is 8.40. The molecule has 0 aliphatic heterocycles. The van der Waals surface area contributed by atoms with Gasteiger partial charge in [0.25, 0.3) is 0 Å². The molecule has 0 radical (unpaired) electrons. The van der Waals surface area contributed by atoms with Gasteiger partial charge in [0.15, 0.2) is 0 Å². The molecule has 3 nitrogen and oxygen atoms in total. The Morgan fingerprint density at radius 1 is 1.44 bits per heavy atom. The van der Waals surface area contributed by atoms with Crippen LogP contribution < -0.4 is 11.1 Å². The van der Waals surface area contributed by atoms with E-state index in [1.165, 1.54) is 0 Å². The normalized spacial score (nSPS) is 12.2. The molecule has 18 heavy (non-hydrogen) atoms. The maximum Gasteiger partial charge on any atom is 0.230 e. The molecular weight excluding hydrogens is 268 g/mol. The van der Waals surface area contributed by atoms with Crippen molar-refractivity contribution in [3.05, 3.63) is 34.9 Å². The Balaban J connectivity index is 2.19. The minimum atomic E-state index is 0.0548. The van der Waals surface area contributed by atoms with Gasteiger partial charge in [-0.05, 0) is 35.9 Å². The van der Waals surface area contributed by atoms with Gasteiger partial charge >= 0.3 is 0 Å². The molecule has 100 valence electrons. The summed E-state index contributed by atoms with van der Waals surface area (Å²) < 4.78 is 0. The number of rotatable bonds is 7. The van der Waals surface area contributed by atoms with Crippen LogP contribution in [-0.4, -0.2) is 24.0 Å². The van der Waals surface area contributed by atoms with Gasteiger partial charge in [0.2, 0.25) is 5.91 Å². The van der Waals surface area contributed by atoms with E-state index in [4.69, 9.17) is 17.3 Å². The summed E-state index contributed by atoms with van der Waals surface area (Å²) in [5, 5.41) is 3.58. The first-order chi connectivity index (χ1) is 8.61. The monoisotopic (exact) mass is 286 g/mol. The average molecular weight is 287 g/mol. The Kier molecular flexibility index (Phi) is 7.16. The molecule has 3 N–H and O–H groups in total. The minimum absolute atomic E-state index is 0.0548. The second-order valence-corrected chi connectivity index (χ2v) is 5.73. The van der Waals surface area contributed by atoms with E-state index < -0.39 is 0 Å². The van der Waals surface area contributed by atoms with Crippen molar-refractivity contribution in [2.45, 2.75) is 13.5 Å². The number of halogens is 1. The average Bonchev–Trinajstić information content (AvgIpc) is 2.38. The quantitative estimate of drug-likeness (QED) is 0.809. The standard InChI is InChI=1S/C13H19ClN2OS/c1-10(6-15)8-18-9-13(17)16-7-11-2-4-12(14)5-3-11/h2-5,10H,6-9,15H2,1H3,(H,16,17). The summed E-state index contributed by atoms with van der Waals surface area (Å²) in [6.45, 7) is 3.29. The van der Waals surface area contributed by atoms with Crippen LogP contribution in [0, 0.1) is 5.92 Å². The maximum atomic E-state index is 11.6. The van der Waals surface area contributed by atoms with Crippen molar-refractivity contribution in [1.82, 2.24) is 5.32 Å². The Morgan fingerprint density at radius 2 is 2.11 bits per heavy atom. The fourth-order valence-corrected chi connectivity index (χ4v) is 2.34. The summed E-state index contributed by atoms with van der Waals surface area (Å²) in [6, 6.07) is 7.46. The van der Waals surface area contributed by atoms with E-state index in [0.29, 0.717) is 29.8 Å². The SMILES string of the molecule is CC(CN)CSCC(=O)NCc1ccc(Cl)cc1. The van der Waals surface area contributed by atoms with Crippen molar-refractivity contribution < 1.29 is 4.79 Å². The predicted molar refractivity (Wildman–Crippen MR) is 78.8 cm³/mol. The number of amides is 1. The molecule has 1 aromatic carbocycles. The van der Waals surface area contributed by atoms with Crippen LogP contribution in [0.4, 0.5) is 0 Å². The number of hydrogen-bond donors (Lipinski definition) is 2. The molecule has 5 heteroatoms. The van der Waals surface area contributed by atoms with Crippen LogP contribution in [0.2, 0.25) is 5.02 Å². The van der Waals surface area contributed by atoms with Gasteiger partial charge in [-0.2, -0.15) is 11.8 Å². The largest absolute Gasteiger partial charge is 0.351 e. The molecule has 0 aromatic heterocycles. The van der Waals surface area contributed by atoms with Crippen LogP contribution in [0.25, 0.3) is 0 Å². The second-order valence-electron chi connectivity index (χ2n) is 4.26. The van der Waals surface area contributed by atoms with Gasteiger partial charge in [-0.15, -0.1) is 0 Å². The fourth-order valence-electron chi connectivity index (χ4n) is 1.27. The van der Waals surface area contributed by atoms with E-state index in [0.717, 1.165) is 11.3 Å². The topological polar surface area (TPSA) is 55.1 Å². The Labute approximate surface area is 117 Å². The zero-order valence-electron chi connectivity index (χ0n) is 10.5. The zero-order chi connectivity index (χ0) is 13.4. The lowest BCUT2D eigenvalue weighted by Gasteiger charge is -2.08. The summed E-state index contributed by atoms with van der Waals surface area (Å²) in [5.74, 6) is 1.92. The molecule has 1 rings (SSSR count). The number of benzene rings is 1. The Morgan fingerprint density at radius 3 is 2.72 bits per heavy atom. The highest BCUT2D eigenvalue weighted by molar-refractivity contribution is 7.99. The predicted octanol–water partition coefficient (Wildman–Crippen LogP) is 2.28. The summed E-state index contributed by atoms with van der Waals surface area (Å²) in [7, 11) is 0. The minimum Gasteiger partial charge on any atom is -0.351 e. The van der Waals surface area contributed by atoms with Crippen LogP contribution in [0.1, 0.15) is 12.5 Å². The molecule has 1 aromatic rings. The lowest BCUT2D eigenvalue weighted by Crippen LogP contribution is -2.25. The van der Waals surface area contributed by atoms with E-state index in [-0.39, 0.29) is 5.91 Å². The highest BCUT2D eigenvalue weighted by Crippen LogP contribution is 2.09. The smallest absolute Gasteiger partial charge is 0.230 e. The van der Waals surface area contributed by atoms with Crippen LogP contribution in [0.5, 0.6) is 0 Å². The number of nitrogens with one attached hydrogen (secondary N) is 1. The van der Waals surface area contributed by atoms with Crippen LogP contribution in [0.15, 0.2) is 24.3 Å². The van der Waals surface area contributed by atoms with Crippen molar-refractivity contribution in [2.24, 2.45) is 11.7 Å². The molecule has 0 aliphatic rings. The molecule has 0 aliphatic carbocycles. The van der Waals surface area contributed by atoms with Gasteiger partial charge in [0, 0.05) is 11.6 Å². The van der Waals surface area contributed by atoms with E-state index in [1.807, 2.05) is 24.3 Å². The summed E-state index contributed by atoms with van der Waals surface area (Å²) in [6.07, 6.45) is 0. The van der Waals surface area contributed by atoms with Crippen LogP contribution >= 0.6 is 23.4 Å². The van der Waals surface area contributed by atoms with Gasteiger partial charge in [0.05, 0.1) is 5.75 Å². The number of carbonyl (C=O) groups excluding carboxylic acids is 1. The highest BCUT2D eigenvalue weighted by Gasteiger charge is 2.04.